The van der Waals surface area contributed by atoms with E-state index in [9.17, 15) is 9.59 Å². The van der Waals surface area contributed by atoms with Gasteiger partial charge in [0.25, 0.3) is 5.91 Å². The summed E-state index contributed by atoms with van der Waals surface area (Å²) >= 11 is 0. The third kappa shape index (κ3) is 4.04. The van der Waals surface area contributed by atoms with Gasteiger partial charge in [-0.15, -0.1) is 12.4 Å². The summed E-state index contributed by atoms with van der Waals surface area (Å²) in [7, 11) is 0. The van der Waals surface area contributed by atoms with Crippen LogP contribution in [-0.4, -0.2) is 35.8 Å². The Morgan fingerprint density at radius 2 is 1.73 bits per heavy atom. The molecule has 0 radical (unpaired) electrons. The van der Waals surface area contributed by atoms with Gasteiger partial charge in [0.2, 0.25) is 5.91 Å². The van der Waals surface area contributed by atoms with Gasteiger partial charge in [-0.3, -0.25) is 9.59 Å². The molecule has 2 aliphatic carbocycles. The predicted molar refractivity (Wildman–Crippen MR) is 105 cm³/mol. The summed E-state index contributed by atoms with van der Waals surface area (Å²) in [4.78, 5) is 26.6. The molecule has 0 aromatic heterocycles. The first-order valence-corrected chi connectivity index (χ1v) is 9.46. The van der Waals surface area contributed by atoms with Crippen molar-refractivity contribution in [2.24, 2.45) is 23.5 Å². The molecule has 3 N–H and O–H groups in total. The van der Waals surface area contributed by atoms with Gasteiger partial charge in [0.15, 0.2) is 0 Å². The van der Waals surface area contributed by atoms with Gasteiger partial charge in [-0.1, -0.05) is 12.1 Å². The minimum Gasteiger partial charge on any atom is -0.352 e. The second-order valence-corrected chi connectivity index (χ2v) is 7.33. The number of carbonyl (C=O) groups excluding carboxylic acids is 2. The van der Waals surface area contributed by atoms with Crippen LogP contribution in [0.2, 0.25) is 0 Å². The Morgan fingerprint density at radius 1 is 1.12 bits per heavy atom. The topological polar surface area (TPSA) is 75.4 Å². The molecule has 26 heavy (non-hydrogen) atoms. The second kappa shape index (κ2) is 8.87. The Morgan fingerprint density at radius 3 is 2.27 bits per heavy atom. The number of nitrogens with one attached hydrogen (secondary N) is 1. The third-order valence-electron chi connectivity index (χ3n) is 6.00. The summed E-state index contributed by atoms with van der Waals surface area (Å²) in [5, 5.41) is 3.04. The zero-order chi connectivity index (χ0) is 18.0. The molecule has 4 atom stereocenters. The van der Waals surface area contributed by atoms with Crippen molar-refractivity contribution in [1.82, 2.24) is 10.2 Å². The highest BCUT2D eigenvalue weighted by Gasteiger charge is 2.48. The fourth-order valence-electron chi connectivity index (χ4n) is 4.49. The van der Waals surface area contributed by atoms with Gasteiger partial charge < -0.3 is 16.0 Å². The lowest BCUT2D eigenvalue weighted by Gasteiger charge is -2.27. The lowest BCUT2D eigenvalue weighted by molar-refractivity contribution is -0.127. The SMILES string of the molecule is CCN(CC)C(=O)c1ccc(CNC(=O)C2C3CCC(C3)C2N)cc1.Cl. The minimum atomic E-state index is -0.0257. The molecule has 5 nitrogen and oxygen atoms in total. The van der Waals surface area contributed by atoms with Crippen LogP contribution in [0.25, 0.3) is 0 Å². The molecule has 3 rings (SSSR count). The van der Waals surface area contributed by atoms with Gasteiger partial charge in [-0.05, 0) is 62.6 Å². The Labute approximate surface area is 162 Å². The van der Waals surface area contributed by atoms with Crippen LogP contribution in [0.3, 0.4) is 0 Å². The van der Waals surface area contributed by atoms with Crippen LogP contribution in [0.1, 0.15) is 49.0 Å². The van der Waals surface area contributed by atoms with Crippen LogP contribution in [0.15, 0.2) is 24.3 Å². The van der Waals surface area contributed by atoms with Crippen molar-refractivity contribution in [3.05, 3.63) is 35.4 Å². The molecule has 0 aliphatic heterocycles. The fourth-order valence-corrected chi connectivity index (χ4v) is 4.49. The molecular formula is C20H30ClN3O2. The van der Waals surface area contributed by atoms with Gasteiger partial charge >= 0.3 is 0 Å². The van der Waals surface area contributed by atoms with E-state index in [2.05, 4.69) is 5.32 Å². The van der Waals surface area contributed by atoms with E-state index in [4.69, 9.17) is 5.73 Å². The number of fused-ring (bicyclic) bond motifs is 2. The number of amides is 2. The van der Waals surface area contributed by atoms with Crippen LogP contribution in [-0.2, 0) is 11.3 Å². The second-order valence-electron chi connectivity index (χ2n) is 7.33. The first-order chi connectivity index (χ1) is 12.0. The highest BCUT2D eigenvalue weighted by Crippen LogP contribution is 2.47. The molecular weight excluding hydrogens is 350 g/mol. The molecule has 0 saturated heterocycles. The van der Waals surface area contributed by atoms with Crippen LogP contribution in [0, 0.1) is 17.8 Å². The van der Waals surface area contributed by atoms with E-state index >= 15 is 0 Å². The summed E-state index contributed by atoms with van der Waals surface area (Å²) in [6.45, 7) is 5.85. The van der Waals surface area contributed by atoms with E-state index < -0.39 is 0 Å². The highest BCUT2D eigenvalue weighted by molar-refractivity contribution is 5.94. The van der Waals surface area contributed by atoms with E-state index in [1.54, 1.807) is 4.90 Å². The molecule has 6 heteroatoms. The monoisotopic (exact) mass is 379 g/mol. The minimum absolute atomic E-state index is 0. The first kappa shape index (κ1) is 20.7. The van der Waals surface area contributed by atoms with Crippen molar-refractivity contribution in [3.8, 4) is 0 Å². The van der Waals surface area contributed by atoms with Crippen molar-refractivity contribution >= 4 is 24.2 Å². The van der Waals surface area contributed by atoms with Crippen LogP contribution in [0.4, 0.5) is 0 Å². The Bertz CT molecular complexity index is 628. The molecule has 2 saturated carbocycles. The smallest absolute Gasteiger partial charge is 0.253 e. The Hall–Kier alpha value is -1.59. The van der Waals surface area contributed by atoms with Crippen LogP contribution >= 0.6 is 12.4 Å². The molecule has 2 amide bonds. The van der Waals surface area contributed by atoms with E-state index in [0.29, 0.717) is 37.0 Å². The molecule has 1 aromatic rings. The zero-order valence-corrected chi connectivity index (χ0v) is 16.4. The van der Waals surface area contributed by atoms with Crippen molar-refractivity contribution in [1.29, 1.82) is 0 Å². The summed E-state index contributed by atoms with van der Waals surface area (Å²) in [6.07, 6.45) is 3.43. The summed E-state index contributed by atoms with van der Waals surface area (Å²) in [5.41, 5.74) is 7.93. The van der Waals surface area contributed by atoms with E-state index in [1.807, 2.05) is 38.1 Å². The van der Waals surface area contributed by atoms with Crippen LogP contribution in [0.5, 0.6) is 0 Å². The van der Waals surface area contributed by atoms with Crippen molar-refractivity contribution in [3.63, 3.8) is 0 Å². The van der Waals surface area contributed by atoms with E-state index in [-0.39, 0.29) is 36.2 Å². The number of hydrogen-bond acceptors (Lipinski definition) is 3. The average molecular weight is 380 g/mol. The number of hydrogen-bond donors (Lipinski definition) is 2. The van der Waals surface area contributed by atoms with Gasteiger partial charge in [-0.25, -0.2) is 0 Å². The lowest BCUT2D eigenvalue weighted by Crippen LogP contribution is -2.45. The van der Waals surface area contributed by atoms with E-state index in [1.165, 1.54) is 6.42 Å². The molecule has 1 aromatic carbocycles. The van der Waals surface area contributed by atoms with Gasteiger partial charge in [-0.2, -0.15) is 0 Å². The maximum Gasteiger partial charge on any atom is 0.253 e. The summed E-state index contributed by atoms with van der Waals surface area (Å²) in [5.74, 6) is 1.11. The molecule has 2 bridgehead atoms. The highest BCUT2D eigenvalue weighted by atomic mass is 35.5. The Kier molecular flexibility index (Phi) is 7.07. The van der Waals surface area contributed by atoms with Gasteiger partial charge in [0.05, 0.1) is 5.92 Å². The molecule has 2 fully saturated rings. The van der Waals surface area contributed by atoms with Crippen molar-refractivity contribution < 1.29 is 9.59 Å². The number of carbonyl (C=O) groups is 2. The maximum absolute atomic E-state index is 12.5. The molecule has 2 aliphatic rings. The van der Waals surface area contributed by atoms with Crippen molar-refractivity contribution in [2.45, 2.75) is 45.7 Å². The third-order valence-corrected chi connectivity index (χ3v) is 6.00. The first-order valence-electron chi connectivity index (χ1n) is 9.46. The quantitative estimate of drug-likeness (QED) is 0.797. The Balaban J connectivity index is 0.00000243. The molecule has 0 spiro atoms. The van der Waals surface area contributed by atoms with Gasteiger partial charge in [0, 0.05) is 31.2 Å². The summed E-state index contributed by atoms with van der Waals surface area (Å²) in [6, 6.07) is 7.53. The number of nitrogens with zero attached hydrogens (tertiary/aromatic N) is 1. The normalized spacial score (nSPS) is 26.3. The maximum atomic E-state index is 12.5. The van der Waals surface area contributed by atoms with Gasteiger partial charge in [0.1, 0.15) is 0 Å². The predicted octanol–water partition coefficient (Wildman–Crippen LogP) is 2.58. The summed E-state index contributed by atoms with van der Waals surface area (Å²) < 4.78 is 0. The van der Waals surface area contributed by atoms with Crippen molar-refractivity contribution in [2.75, 3.05) is 13.1 Å². The lowest BCUT2D eigenvalue weighted by atomic mass is 9.84. The molecule has 0 heterocycles. The molecule has 144 valence electrons. The number of halogens is 1. The standard InChI is InChI=1S/C20H29N3O2.ClH/c1-3-23(4-2)20(25)14-7-5-13(6-8-14)12-22-19(24)17-15-9-10-16(11-15)18(17)21;/h5-8,15-18H,3-4,9-12,21H2,1-2H3,(H,22,24);1H. The molecule has 4 unspecified atom stereocenters. The van der Waals surface area contributed by atoms with Crippen LogP contribution < -0.4 is 11.1 Å². The zero-order valence-electron chi connectivity index (χ0n) is 15.6. The number of benzene rings is 1. The van der Waals surface area contributed by atoms with E-state index in [0.717, 1.165) is 18.4 Å². The number of rotatable bonds is 6. The average Bonchev–Trinajstić information content (AvgIpc) is 3.22. The number of nitrogens with two attached hydrogens (primary N) is 1. The fraction of sp³-hybridized carbons (Fsp3) is 0.600. The largest absolute Gasteiger partial charge is 0.352 e.